The van der Waals surface area contributed by atoms with Crippen molar-refractivity contribution in [1.82, 2.24) is 9.88 Å². The van der Waals surface area contributed by atoms with Gasteiger partial charge in [-0.2, -0.15) is 0 Å². The smallest absolute Gasteiger partial charge is 0.269 e. The van der Waals surface area contributed by atoms with Crippen molar-refractivity contribution in [2.45, 2.75) is 6.54 Å². The first-order valence-electron chi connectivity index (χ1n) is 9.22. The minimum absolute atomic E-state index is 0.135. The molecule has 0 aliphatic carbocycles. The fourth-order valence-corrected chi connectivity index (χ4v) is 3.37. The molecule has 0 saturated heterocycles. The molecule has 0 spiro atoms. The van der Waals surface area contributed by atoms with Crippen molar-refractivity contribution in [2.24, 2.45) is 0 Å². The van der Waals surface area contributed by atoms with Crippen molar-refractivity contribution in [3.05, 3.63) is 107 Å². The first-order chi connectivity index (χ1) is 13.8. The van der Waals surface area contributed by atoms with Gasteiger partial charge in [0.2, 0.25) is 0 Å². The Balaban J connectivity index is 1.93. The Morgan fingerprint density at radius 1 is 0.857 bits per heavy atom. The van der Waals surface area contributed by atoms with Crippen LogP contribution in [0.5, 0.6) is 0 Å². The Morgan fingerprint density at radius 3 is 2.21 bits per heavy atom. The number of hydrogen-bond donors (Lipinski definition) is 1. The summed E-state index contributed by atoms with van der Waals surface area (Å²) in [6.45, 7) is 0.608. The van der Waals surface area contributed by atoms with Crippen LogP contribution in [0.4, 0.5) is 0 Å². The lowest BCUT2D eigenvalue weighted by atomic mass is 10.1. The van der Waals surface area contributed by atoms with Gasteiger partial charge >= 0.3 is 0 Å². The van der Waals surface area contributed by atoms with E-state index in [0.717, 1.165) is 27.6 Å². The molecule has 4 aromatic rings. The van der Waals surface area contributed by atoms with Crippen LogP contribution in [0, 0.1) is 11.8 Å². The van der Waals surface area contributed by atoms with Crippen molar-refractivity contribution < 1.29 is 4.79 Å². The van der Waals surface area contributed by atoms with Gasteiger partial charge in [0.15, 0.2) is 0 Å². The zero-order valence-corrected chi connectivity index (χ0v) is 15.6. The van der Waals surface area contributed by atoms with E-state index in [2.05, 4.69) is 33.9 Å². The fraction of sp³-hybridized carbons (Fsp3) is 0.0800. The van der Waals surface area contributed by atoms with Crippen LogP contribution >= 0.6 is 0 Å². The monoisotopic (exact) mass is 364 g/mol. The highest BCUT2D eigenvalue weighted by atomic mass is 16.1. The summed E-state index contributed by atoms with van der Waals surface area (Å²) >= 11 is 0. The normalized spacial score (nSPS) is 10.3. The first kappa shape index (κ1) is 17.6. The number of amides is 1. The van der Waals surface area contributed by atoms with Gasteiger partial charge in [0.25, 0.3) is 5.91 Å². The Morgan fingerprint density at radius 2 is 1.50 bits per heavy atom. The van der Waals surface area contributed by atoms with Crippen LogP contribution in [0.1, 0.15) is 27.2 Å². The summed E-state index contributed by atoms with van der Waals surface area (Å²) in [5.74, 6) is 6.33. The van der Waals surface area contributed by atoms with Gasteiger partial charge in [-0.15, -0.1) is 0 Å². The molecule has 0 aliphatic rings. The molecular weight excluding hydrogens is 344 g/mol. The molecule has 1 amide bonds. The van der Waals surface area contributed by atoms with Crippen molar-refractivity contribution >= 4 is 16.8 Å². The molecule has 0 saturated carbocycles. The van der Waals surface area contributed by atoms with Crippen LogP contribution in [0.3, 0.4) is 0 Å². The number of aromatic nitrogens is 1. The molecule has 0 atom stereocenters. The average molecular weight is 364 g/mol. The number of fused-ring (bicyclic) bond motifs is 1. The van der Waals surface area contributed by atoms with Crippen molar-refractivity contribution in [1.29, 1.82) is 0 Å². The van der Waals surface area contributed by atoms with Gasteiger partial charge in [0.1, 0.15) is 5.69 Å². The zero-order chi connectivity index (χ0) is 19.3. The van der Waals surface area contributed by atoms with Gasteiger partial charge in [0, 0.05) is 24.5 Å². The maximum atomic E-state index is 12.8. The SMILES string of the molecule is CNC(=O)c1c(C#Cc2ccccc2)c2ccccc2n1Cc1ccccc1. The number of carbonyl (C=O) groups excluding carboxylic acids is 1. The summed E-state index contributed by atoms with van der Waals surface area (Å²) in [5.41, 5.74) is 4.41. The molecule has 1 N–H and O–H groups in total. The molecule has 136 valence electrons. The lowest BCUT2D eigenvalue weighted by Gasteiger charge is -2.10. The minimum Gasteiger partial charge on any atom is -0.354 e. The van der Waals surface area contributed by atoms with E-state index in [1.165, 1.54) is 0 Å². The molecule has 0 fully saturated rings. The van der Waals surface area contributed by atoms with Gasteiger partial charge < -0.3 is 9.88 Å². The summed E-state index contributed by atoms with van der Waals surface area (Å²) < 4.78 is 2.05. The number of rotatable bonds is 3. The molecule has 0 aliphatic heterocycles. The van der Waals surface area contributed by atoms with E-state index >= 15 is 0 Å². The molecule has 28 heavy (non-hydrogen) atoms. The number of para-hydroxylation sites is 1. The maximum absolute atomic E-state index is 12.8. The van der Waals surface area contributed by atoms with Crippen LogP contribution in [0.15, 0.2) is 84.9 Å². The van der Waals surface area contributed by atoms with E-state index in [-0.39, 0.29) is 5.91 Å². The standard InChI is InChI=1S/C25H20N2O/c1-26-25(28)24-22(17-16-19-10-4-2-5-11-19)21-14-8-9-15-23(21)27(24)18-20-12-6-3-7-13-20/h2-15H,18H2,1H3,(H,26,28). The van der Waals surface area contributed by atoms with Gasteiger partial charge in [-0.1, -0.05) is 78.6 Å². The molecule has 0 bridgehead atoms. The molecule has 1 heterocycles. The number of nitrogens with one attached hydrogen (secondary N) is 1. The largest absolute Gasteiger partial charge is 0.354 e. The van der Waals surface area contributed by atoms with Crippen molar-refractivity contribution in [3.8, 4) is 11.8 Å². The van der Waals surface area contributed by atoms with Gasteiger partial charge in [-0.05, 0) is 23.8 Å². The van der Waals surface area contributed by atoms with Crippen LogP contribution in [-0.2, 0) is 6.54 Å². The number of hydrogen-bond acceptors (Lipinski definition) is 1. The van der Waals surface area contributed by atoms with E-state index < -0.39 is 0 Å². The molecule has 4 rings (SSSR count). The number of nitrogens with zero attached hydrogens (tertiary/aromatic N) is 1. The summed E-state index contributed by atoms with van der Waals surface area (Å²) in [6.07, 6.45) is 0. The first-order valence-corrected chi connectivity index (χ1v) is 9.22. The van der Waals surface area contributed by atoms with Crippen LogP contribution in [0.25, 0.3) is 10.9 Å². The fourth-order valence-electron chi connectivity index (χ4n) is 3.37. The van der Waals surface area contributed by atoms with Crippen LogP contribution in [0.2, 0.25) is 0 Å². The van der Waals surface area contributed by atoms with Crippen molar-refractivity contribution in [2.75, 3.05) is 7.05 Å². The molecule has 0 unspecified atom stereocenters. The predicted octanol–water partition coefficient (Wildman–Crippen LogP) is 4.45. The summed E-state index contributed by atoms with van der Waals surface area (Å²) in [4.78, 5) is 12.8. The summed E-state index contributed by atoms with van der Waals surface area (Å²) in [7, 11) is 1.65. The van der Waals surface area contributed by atoms with Gasteiger partial charge in [0.05, 0.1) is 11.1 Å². The third kappa shape index (κ3) is 3.41. The molecule has 1 aromatic heterocycles. The summed E-state index contributed by atoms with van der Waals surface area (Å²) in [5, 5.41) is 3.77. The van der Waals surface area contributed by atoms with E-state index in [0.29, 0.717) is 12.2 Å². The molecule has 3 aromatic carbocycles. The highest BCUT2D eigenvalue weighted by Gasteiger charge is 2.21. The Kier molecular flexibility index (Phi) is 4.95. The Hall–Kier alpha value is -3.77. The molecule has 3 heteroatoms. The second kappa shape index (κ2) is 7.85. The minimum atomic E-state index is -0.135. The maximum Gasteiger partial charge on any atom is 0.269 e. The lowest BCUT2D eigenvalue weighted by Crippen LogP contribution is -2.23. The van der Waals surface area contributed by atoms with E-state index in [1.807, 2.05) is 72.8 Å². The average Bonchev–Trinajstić information content (AvgIpc) is 3.06. The van der Waals surface area contributed by atoms with E-state index in [9.17, 15) is 4.79 Å². The van der Waals surface area contributed by atoms with Gasteiger partial charge in [-0.25, -0.2) is 0 Å². The predicted molar refractivity (Wildman–Crippen MR) is 113 cm³/mol. The Bertz CT molecular complexity index is 1180. The highest BCUT2D eigenvalue weighted by Crippen LogP contribution is 2.27. The molecular formula is C25H20N2O. The third-order valence-corrected chi connectivity index (χ3v) is 4.70. The molecule has 0 radical (unpaired) electrons. The zero-order valence-electron chi connectivity index (χ0n) is 15.6. The number of carbonyl (C=O) groups is 1. The highest BCUT2D eigenvalue weighted by molar-refractivity contribution is 6.03. The quantitative estimate of drug-likeness (QED) is 0.536. The van der Waals surface area contributed by atoms with Crippen LogP contribution in [-0.4, -0.2) is 17.5 Å². The van der Waals surface area contributed by atoms with E-state index in [1.54, 1.807) is 7.05 Å². The lowest BCUT2D eigenvalue weighted by molar-refractivity contribution is 0.0954. The summed E-state index contributed by atoms with van der Waals surface area (Å²) in [6, 6.07) is 28.0. The van der Waals surface area contributed by atoms with Gasteiger partial charge in [-0.3, -0.25) is 4.79 Å². The number of benzene rings is 3. The van der Waals surface area contributed by atoms with Crippen LogP contribution < -0.4 is 5.32 Å². The second-order valence-electron chi connectivity index (χ2n) is 6.51. The van der Waals surface area contributed by atoms with E-state index in [4.69, 9.17) is 0 Å². The van der Waals surface area contributed by atoms with Crippen molar-refractivity contribution in [3.63, 3.8) is 0 Å². The molecule has 3 nitrogen and oxygen atoms in total. The second-order valence-corrected chi connectivity index (χ2v) is 6.51. The topological polar surface area (TPSA) is 34.0 Å². The Labute approximate surface area is 164 Å². The third-order valence-electron chi connectivity index (χ3n) is 4.70.